The average Bonchev–Trinajstić information content (AvgIpc) is 4.03. The second-order valence-corrected chi connectivity index (χ2v) is 19.8. The van der Waals surface area contributed by atoms with Crippen molar-refractivity contribution in [3.8, 4) is 89.0 Å². The minimum Gasteiger partial charge on any atom is -0.456 e. The van der Waals surface area contributed by atoms with Crippen molar-refractivity contribution in [2.45, 2.75) is 19.3 Å². The molecule has 326 valence electrons. The molecule has 0 spiro atoms. The van der Waals surface area contributed by atoms with Gasteiger partial charge in [0.2, 0.25) is 0 Å². The van der Waals surface area contributed by atoms with E-state index in [2.05, 4.69) is 238 Å². The zero-order valence-electron chi connectivity index (χ0n) is 38.8. The van der Waals surface area contributed by atoms with Crippen LogP contribution in [0.2, 0.25) is 0 Å². The van der Waals surface area contributed by atoms with Crippen molar-refractivity contribution in [1.82, 2.24) is 0 Å². The first-order valence-electron chi connectivity index (χ1n) is 24.5. The standard InChI is InChI=1S/C69H44O/c1-69(2)61-27-11-9-17-49(61)59-39-43(33-37-62(59)69)45-23-13-24-46(44-34-38-64-60(40-44)50-18-10-12-28-63(50)70-64)65(45)41-29-31-42(32-30-41)66-52-19-5-7-21-54(52)68(55-22-8-6-20-53(55)66)58-36-35-57-48-16-4-3-15-47(48)51-25-14-26-56(58)67(51)57/h3-40H,1-2H3. The monoisotopic (exact) mass is 888 g/mol. The molecule has 0 bridgehead atoms. The van der Waals surface area contributed by atoms with E-state index in [1.54, 1.807) is 0 Å². The Morgan fingerprint density at radius 3 is 1.43 bits per heavy atom. The molecule has 0 saturated carbocycles. The first kappa shape index (κ1) is 39.2. The molecule has 0 amide bonds. The Kier molecular flexibility index (Phi) is 8.19. The number of furan rings is 1. The summed E-state index contributed by atoms with van der Waals surface area (Å²) in [5.41, 5.74) is 24.6. The largest absolute Gasteiger partial charge is 0.456 e. The van der Waals surface area contributed by atoms with E-state index in [4.69, 9.17) is 4.42 Å². The zero-order chi connectivity index (χ0) is 46.2. The van der Waals surface area contributed by atoms with E-state index >= 15 is 0 Å². The highest BCUT2D eigenvalue weighted by molar-refractivity contribution is 6.26. The zero-order valence-corrected chi connectivity index (χ0v) is 38.8. The van der Waals surface area contributed by atoms with Crippen LogP contribution in [-0.4, -0.2) is 0 Å². The van der Waals surface area contributed by atoms with Crippen LogP contribution in [0.15, 0.2) is 235 Å². The first-order valence-corrected chi connectivity index (χ1v) is 24.5. The van der Waals surface area contributed by atoms with Crippen molar-refractivity contribution in [3.05, 3.63) is 242 Å². The van der Waals surface area contributed by atoms with Crippen molar-refractivity contribution in [3.63, 3.8) is 0 Å². The normalized spacial score (nSPS) is 13.1. The topological polar surface area (TPSA) is 13.1 Å². The molecule has 70 heavy (non-hydrogen) atoms. The predicted molar refractivity (Wildman–Crippen MR) is 295 cm³/mol. The van der Waals surface area contributed by atoms with E-state index in [1.807, 2.05) is 6.07 Å². The van der Waals surface area contributed by atoms with Gasteiger partial charge in [0.05, 0.1) is 0 Å². The van der Waals surface area contributed by atoms with Gasteiger partial charge in [-0.25, -0.2) is 0 Å². The van der Waals surface area contributed by atoms with Gasteiger partial charge in [-0.15, -0.1) is 0 Å². The fourth-order valence-corrected chi connectivity index (χ4v) is 12.7. The highest BCUT2D eigenvalue weighted by Gasteiger charge is 2.35. The second-order valence-electron chi connectivity index (χ2n) is 19.8. The van der Waals surface area contributed by atoms with Gasteiger partial charge in [-0.2, -0.15) is 0 Å². The minimum atomic E-state index is -0.0671. The molecule has 0 fully saturated rings. The molecule has 13 aromatic rings. The SMILES string of the molecule is CC1(C)c2ccccc2-c2cc(-c3cccc(-c4ccc5oc6ccccc6c5c4)c3-c3ccc(-c4c5ccccc5c(-c5ccc6c7c(cccc57)-c5ccccc5-6)c5ccccc45)cc3)ccc21. The molecular weight excluding hydrogens is 845 g/mol. The van der Waals surface area contributed by atoms with Crippen LogP contribution in [0.5, 0.6) is 0 Å². The van der Waals surface area contributed by atoms with E-state index in [1.165, 1.54) is 127 Å². The summed E-state index contributed by atoms with van der Waals surface area (Å²) in [4.78, 5) is 0. The number of hydrogen-bond acceptors (Lipinski definition) is 1. The summed E-state index contributed by atoms with van der Waals surface area (Å²) < 4.78 is 6.33. The van der Waals surface area contributed by atoms with Gasteiger partial charge in [0.25, 0.3) is 0 Å². The Labute approximate surface area is 406 Å². The van der Waals surface area contributed by atoms with Gasteiger partial charge in [0.15, 0.2) is 0 Å². The fourth-order valence-electron chi connectivity index (χ4n) is 12.7. The molecule has 0 radical (unpaired) electrons. The van der Waals surface area contributed by atoms with E-state index in [9.17, 15) is 0 Å². The third-order valence-electron chi connectivity index (χ3n) is 15.9. The maximum absolute atomic E-state index is 6.33. The Morgan fingerprint density at radius 1 is 0.257 bits per heavy atom. The Bertz CT molecular complexity index is 4280. The minimum absolute atomic E-state index is 0.0671. The third kappa shape index (κ3) is 5.49. The van der Waals surface area contributed by atoms with Gasteiger partial charge < -0.3 is 4.42 Å². The summed E-state index contributed by atoms with van der Waals surface area (Å²) in [6.07, 6.45) is 0. The van der Waals surface area contributed by atoms with Crippen molar-refractivity contribution >= 4 is 54.3 Å². The predicted octanol–water partition coefficient (Wildman–Crippen LogP) is 19.3. The molecule has 1 nitrogen and oxygen atoms in total. The van der Waals surface area contributed by atoms with Crippen molar-refractivity contribution < 1.29 is 4.42 Å². The lowest BCUT2D eigenvalue weighted by Crippen LogP contribution is -2.14. The lowest BCUT2D eigenvalue weighted by molar-refractivity contribution is 0.660. The number of rotatable bonds is 5. The summed E-state index contributed by atoms with van der Waals surface area (Å²) >= 11 is 0. The maximum atomic E-state index is 6.33. The Hall–Kier alpha value is -8.78. The quantitative estimate of drug-likeness (QED) is 0.157. The molecule has 12 aromatic carbocycles. The second kappa shape index (κ2) is 14.6. The van der Waals surface area contributed by atoms with E-state index in [0.717, 1.165) is 27.5 Å². The first-order chi connectivity index (χ1) is 34.5. The summed E-state index contributed by atoms with van der Waals surface area (Å²) in [6.45, 7) is 4.71. The van der Waals surface area contributed by atoms with Gasteiger partial charge in [-0.3, -0.25) is 0 Å². The molecule has 0 saturated heterocycles. The maximum Gasteiger partial charge on any atom is 0.135 e. The summed E-state index contributed by atoms with van der Waals surface area (Å²) in [5, 5.41) is 9.91. The lowest BCUT2D eigenvalue weighted by Gasteiger charge is -2.22. The van der Waals surface area contributed by atoms with Crippen LogP contribution in [0, 0.1) is 0 Å². The summed E-state index contributed by atoms with van der Waals surface area (Å²) in [5.74, 6) is 0. The number of para-hydroxylation sites is 1. The van der Waals surface area contributed by atoms with Gasteiger partial charge in [-0.1, -0.05) is 220 Å². The van der Waals surface area contributed by atoms with Crippen LogP contribution in [-0.2, 0) is 5.41 Å². The van der Waals surface area contributed by atoms with Gasteiger partial charge >= 0.3 is 0 Å². The van der Waals surface area contributed by atoms with E-state index < -0.39 is 0 Å². The molecule has 1 aromatic heterocycles. The number of benzene rings is 12. The molecule has 0 aliphatic heterocycles. The molecule has 0 atom stereocenters. The molecule has 1 heterocycles. The van der Waals surface area contributed by atoms with Crippen molar-refractivity contribution in [2.75, 3.05) is 0 Å². The number of hydrogen-bond donors (Lipinski definition) is 0. The van der Waals surface area contributed by atoms with Crippen LogP contribution in [0.4, 0.5) is 0 Å². The van der Waals surface area contributed by atoms with Crippen molar-refractivity contribution in [2.24, 2.45) is 0 Å². The molecule has 2 aliphatic rings. The summed E-state index contributed by atoms with van der Waals surface area (Å²) in [7, 11) is 0. The smallest absolute Gasteiger partial charge is 0.135 e. The average molecular weight is 889 g/mol. The van der Waals surface area contributed by atoms with Gasteiger partial charge in [-0.05, 0) is 157 Å². The fraction of sp³-hybridized carbons (Fsp3) is 0.0435. The van der Waals surface area contributed by atoms with Gasteiger partial charge in [0.1, 0.15) is 11.2 Å². The van der Waals surface area contributed by atoms with Crippen molar-refractivity contribution in [1.29, 1.82) is 0 Å². The highest BCUT2D eigenvalue weighted by atomic mass is 16.3. The van der Waals surface area contributed by atoms with Crippen LogP contribution >= 0.6 is 0 Å². The third-order valence-corrected chi connectivity index (χ3v) is 15.9. The van der Waals surface area contributed by atoms with E-state index in [-0.39, 0.29) is 5.41 Å². The molecule has 2 aliphatic carbocycles. The number of fused-ring (bicyclic) bond motifs is 11. The van der Waals surface area contributed by atoms with Crippen LogP contribution in [0.1, 0.15) is 25.0 Å². The van der Waals surface area contributed by atoms with Crippen LogP contribution in [0.3, 0.4) is 0 Å². The molecular formula is C69H44O. The molecule has 15 rings (SSSR count). The van der Waals surface area contributed by atoms with Gasteiger partial charge in [0, 0.05) is 16.2 Å². The molecule has 0 N–H and O–H groups in total. The van der Waals surface area contributed by atoms with E-state index in [0.29, 0.717) is 0 Å². The van der Waals surface area contributed by atoms with Crippen LogP contribution < -0.4 is 0 Å². The Morgan fingerprint density at radius 2 is 0.714 bits per heavy atom. The lowest BCUT2D eigenvalue weighted by atomic mass is 9.81. The van der Waals surface area contributed by atoms with Crippen LogP contribution in [0.25, 0.3) is 143 Å². The summed E-state index contributed by atoms with van der Waals surface area (Å²) in [6, 6.07) is 85.9. The molecule has 0 unspecified atom stereocenters. The highest BCUT2D eigenvalue weighted by Crippen LogP contribution is 2.54. The molecule has 1 heteroatoms. The Balaban J connectivity index is 0.927.